The molecule has 0 unspecified atom stereocenters. The van der Waals surface area contributed by atoms with Crippen molar-refractivity contribution in [2.45, 2.75) is 12.8 Å². The van der Waals surface area contributed by atoms with Crippen LogP contribution in [0.5, 0.6) is 17.2 Å². The summed E-state index contributed by atoms with van der Waals surface area (Å²) in [5.74, 6) is 5.21. The lowest BCUT2D eigenvalue weighted by Gasteiger charge is -2.35. The summed E-state index contributed by atoms with van der Waals surface area (Å²) < 4.78 is 12.5. The average Bonchev–Trinajstić information content (AvgIpc) is 3.22. The van der Waals surface area contributed by atoms with Crippen LogP contribution in [0.4, 0.5) is 28.4 Å². The van der Waals surface area contributed by atoms with Crippen LogP contribution in [-0.2, 0) is 0 Å². The number of nitrogens with zero attached hydrogens (tertiary/aromatic N) is 5. The van der Waals surface area contributed by atoms with Crippen molar-refractivity contribution in [2.24, 2.45) is 0 Å². The standard InChI is InChI=1S/C45H31N5O2/c1-2-12-30(13-3-1)43-46-44(31-22-26-33(27-23-31)49-35-14-4-8-18-39(35)51-40-19-9-5-15-36(40)49)48-45(47-43)32-24-28-34(29-25-32)50-37-16-6-10-20-41(37)52-42-21-11-7-17-38(42)50/h1-6,8-16,18-29H,7,17H2. The first-order valence-corrected chi connectivity index (χ1v) is 17.4. The number of aromatic nitrogens is 3. The van der Waals surface area contributed by atoms with Crippen LogP contribution in [0.1, 0.15) is 12.8 Å². The molecule has 1 aromatic heterocycles. The Morgan fingerprint density at radius 1 is 0.423 bits per heavy atom. The number of allylic oxidation sites excluding steroid dienone is 3. The molecule has 1 aliphatic carbocycles. The highest BCUT2D eigenvalue weighted by atomic mass is 16.5. The van der Waals surface area contributed by atoms with E-state index in [2.05, 4.69) is 94.7 Å². The first-order chi connectivity index (χ1) is 25.8. The summed E-state index contributed by atoms with van der Waals surface area (Å²) >= 11 is 0. The summed E-state index contributed by atoms with van der Waals surface area (Å²) in [6.45, 7) is 0. The molecule has 0 fully saturated rings. The average molecular weight is 674 g/mol. The second-order valence-corrected chi connectivity index (χ2v) is 12.8. The Balaban J connectivity index is 1.03. The lowest BCUT2D eigenvalue weighted by Crippen LogP contribution is -2.25. The normalized spacial score (nSPS) is 14.1. The monoisotopic (exact) mass is 673 g/mol. The Kier molecular flexibility index (Phi) is 7.13. The highest BCUT2D eigenvalue weighted by Crippen LogP contribution is 2.50. The number of anilines is 5. The van der Waals surface area contributed by atoms with E-state index in [1.807, 2.05) is 78.9 Å². The number of para-hydroxylation sites is 6. The predicted molar refractivity (Wildman–Crippen MR) is 206 cm³/mol. The van der Waals surface area contributed by atoms with E-state index < -0.39 is 0 Å². The molecule has 248 valence electrons. The van der Waals surface area contributed by atoms with Gasteiger partial charge in [-0.05, 0) is 104 Å². The molecule has 3 aliphatic rings. The third kappa shape index (κ3) is 5.18. The molecule has 6 aromatic carbocycles. The van der Waals surface area contributed by atoms with E-state index in [-0.39, 0.29) is 0 Å². The van der Waals surface area contributed by atoms with Crippen molar-refractivity contribution >= 4 is 28.4 Å². The van der Waals surface area contributed by atoms with E-state index >= 15 is 0 Å². The highest BCUT2D eigenvalue weighted by molar-refractivity contribution is 5.86. The largest absolute Gasteiger partial charge is 0.453 e. The van der Waals surface area contributed by atoms with Crippen molar-refractivity contribution in [1.29, 1.82) is 0 Å². The summed E-state index contributed by atoms with van der Waals surface area (Å²) in [6, 6.07) is 51.3. The molecular weight excluding hydrogens is 643 g/mol. The minimum atomic E-state index is 0.605. The Hall–Kier alpha value is -6.99. The maximum atomic E-state index is 6.28. The maximum absolute atomic E-state index is 6.28. The third-order valence-corrected chi connectivity index (χ3v) is 9.56. The maximum Gasteiger partial charge on any atom is 0.164 e. The molecule has 0 saturated heterocycles. The molecule has 0 bridgehead atoms. The van der Waals surface area contributed by atoms with Crippen LogP contribution in [0, 0.1) is 0 Å². The number of rotatable bonds is 5. The van der Waals surface area contributed by atoms with Crippen molar-refractivity contribution in [1.82, 2.24) is 15.0 Å². The van der Waals surface area contributed by atoms with Crippen LogP contribution in [-0.4, -0.2) is 15.0 Å². The van der Waals surface area contributed by atoms with Gasteiger partial charge in [0.15, 0.2) is 34.7 Å². The van der Waals surface area contributed by atoms with E-state index in [0.29, 0.717) is 17.5 Å². The number of fused-ring (bicyclic) bond motifs is 3. The number of ether oxygens (including phenoxy) is 2. The van der Waals surface area contributed by atoms with Gasteiger partial charge in [0, 0.05) is 28.1 Å². The Morgan fingerprint density at radius 3 is 1.42 bits per heavy atom. The molecule has 0 saturated carbocycles. The van der Waals surface area contributed by atoms with Gasteiger partial charge in [0.05, 0.1) is 22.8 Å². The topological polar surface area (TPSA) is 63.6 Å². The van der Waals surface area contributed by atoms with Crippen LogP contribution in [0.25, 0.3) is 34.2 Å². The van der Waals surface area contributed by atoms with Crippen molar-refractivity contribution in [3.63, 3.8) is 0 Å². The third-order valence-electron chi connectivity index (χ3n) is 9.56. The van der Waals surface area contributed by atoms with E-state index in [1.54, 1.807) is 0 Å². The van der Waals surface area contributed by atoms with Gasteiger partial charge in [-0.2, -0.15) is 0 Å². The molecular formula is C45H31N5O2. The zero-order chi connectivity index (χ0) is 34.4. The lowest BCUT2D eigenvalue weighted by molar-refractivity contribution is 0.421. The molecule has 7 aromatic rings. The molecule has 0 atom stereocenters. The molecule has 7 nitrogen and oxygen atoms in total. The molecule has 10 rings (SSSR count). The smallest absolute Gasteiger partial charge is 0.164 e. The summed E-state index contributed by atoms with van der Waals surface area (Å²) in [4.78, 5) is 19.6. The Bertz CT molecular complexity index is 2480. The first-order valence-electron chi connectivity index (χ1n) is 17.4. The fraction of sp³-hybridized carbons (Fsp3) is 0.0444. The molecule has 0 spiro atoms. The van der Waals surface area contributed by atoms with Crippen molar-refractivity contribution < 1.29 is 9.47 Å². The van der Waals surface area contributed by atoms with Gasteiger partial charge in [-0.25, -0.2) is 15.0 Å². The fourth-order valence-electron chi connectivity index (χ4n) is 7.08. The fourth-order valence-corrected chi connectivity index (χ4v) is 7.08. The second kappa shape index (κ2) is 12.4. The van der Waals surface area contributed by atoms with Gasteiger partial charge in [-0.3, -0.25) is 0 Å². The Morgan fingerprint density at radius 2 is 0.865 bits per heavy atom. The highest BCUT2D eigenvalue weighted by Gasteiger charge is 2.29. The quantitative estimate of drug-likeness (QED) is 0.180. The minimum absolute atomic E-state index is 0.605. The van der Waals surface area contributed by atoms with Crippen LogP contribution < -0.4 is 19.3 Å². The van der Waals surface area contributed by atoms with E-state index in [1.165, 1.54) is 0 Å². The molecule has 0 N–H and O–H groups in total. The first kappa shape index (κ1) is 29.9. The zero-order valence-electron chi connectivity index (χ0n) is 28.1. The lowest BCUT2D eigenvalue weighted by atomic mass is 10.0. The summed E-state index contributed by atoms with van der Waals surface area (Å²) in [6.07, 6.45) is 6.13. The summed E-state index contributed by atoms with van der Waals surface area (Å²) in [5, 5.41) is 0. The summed E-state index contributed by atoms with van der Waals surface area (Å²) in [7, 11) is 0. The second-order valence-electron chi connectivity index (χ2n) is 12.8. The van der Waals surface area contributed by atoms with Crippen LogP contribution in [0.2, 0.25) is 0 Å². The molecule has 0 amide bonds. The molecule has 0 radical (unpaired) electrons. The van der Waals surface area contributed by atoms with Gasteiger partial charge >= 0.3 is 0 Å². The van der Waals surface area contributed by atoms with Gasteiger partial charge in [0.2, 0.25) is 0 Å². The van der Waals surface area contributed by atoms with Gasteiger partial charge in [0.1, 0.15) is 5.76 Å². The van der Waals surface area contributed by atoms with Crippen LogP contribution in [0.3, 0.4) is 0 Å². The minimum Gasteiger partial charge on any atom is -0.453 e. The number of hydrogen-bond acceptors (Lipinski definition) is 7. The molecule has 3 heterocycles. The van der Waals surface area contributed by atoms with Crippen molar-refractivity contribution in [2.75, 3.05) is 9.80 Å². The van der Waals surface area contributed by atoms with Crippen LogP contribution >= 0.6 is 0 Å². The number of hydrogen-bond donors (Lipinski definition) is 0. The SMILES string of the molecule is C1=CC2=C(CC1)N(c1ccc(-c3nc(-c4ccccc4)nc(-c4ccc(N5c6ccccc6Oc6ccccc65)cc4)n3)cc1)c1ccccc1O2. The molecule has 2 aliphatic heterocycles. The predicted octanol–water partition coefficient (Wildman–Crippen LogP) is 11.5. The van der Waals surface area contributed by atoms with E-state index in [9.17, 15) is 0 Å². The van der Waals surface area contributed by atoms with Gasteiger partial charge in [-0.1, -0.05) is 72.8 Å². The summed E-state index contributed by atoms with van der Waals surface area (Å²) in [5.41, 5.74) is 8.96. The molecule has 7 heteroatoms. The van der Waals surface area contributed by atoms with E-state index in [0.717, 1.165) is 86.7 Å². The molecule has 52 heavy (non-hydrogen) atoms. The van der Waals surface area contributed by atoms with Gasteiger partial charge in [-0.15, -0.1) is 0 Å². The van der Waals surface area contributed by atoms with E-state index in [4.69, 9.17) is 24.4 Å². The van der Waals surface area contributed by atoms with Crippen molar-refractivity contribution in [3.8, 4) is 51.4 Å². The Labute approximate surface area is 301 Å². The van der Waals surface area contributed by atoms with Crippen LogP contribution in [0.15, 0.2) is 175 Å². The van der Waals surface area contributed by atoms with Gasteiger partial charge in [0.25, 0.3) is 0 Å². The van der Waals surface area contributed by atoms with Gasteiger partial charge < -0.3 is 19.3 Å². The van der Waals surface area contributed by atoms with Crippen molar-refractivity contribution in [3.05, 3.63) is 175 Å². The zero-order valence-corrected chi connectivity index (χ0v) is 28.1. The number of benzene rings is 6.